The number of likely N-dealkylation sites (N-methyl/N-ethyl adjacent to an activating group) is 1. The van der Waals surface area contributed by atoms with Gasteiger partial charge in [-0.3, -0.25) is 0 Å². The lowest BCUT2D eigenvalue weighted by Gasteiger charge is -2.26. The summed E-state index contributed by atoms with van der Waals surface area (Å²) in [6, 6.07) is 6.20. The van der Waals surface area contributed by atoms with Crippen molar-refractivity contribution in [1.82, 2.24) is 4.90 Å². The zero-order chi connectivity index (χ0) is 14.4. The van der Waals surface area contributed by atoms with Crippen LogP contribution in [0.25, 0.3) is 0 Å². The first-order chi connectivity index (χ1) is 8.95. The molecule has 0 bridgehead atoms. The number of rotatable bonds is 7. The molecule has 1 atom stereocenters. The Hall–Kier alpha value is -0.580. The molecule has 1 aromatic carbocycles. The van der Waals surface area contributed by atoms with Crippen LogP contribution in [0.2, 0.25) is 0 Å². The van der Waals surface area contributed by atoms with Crippen LogP contribution in [0.5, 0.6) is 0 Å². The van der Waals surface area contributed by atoms with Gasteiger partial charge in [0.1, 0.15) is 0 Å². The Bertz CT molecular complexity index is 394. The molecule has 0 unspecified atom stereocenters. The van der Waals surface area contributed by atoms with Gasteiger partial charge in [0.05, 0.1) is 6.10 Å². The molecule has 0 aliphatic carbocycles. The van der Waals surface area contributed by atoms with Crippen molar-refractivity contribution >= 4 is 21.6 Å². The van der Waals surface area contributed by atoms with Crippen molar-refractivity contribution in [3.63, 3.8) is 0 Å². The minimum absolute atomic E-state index is 0.440. The Labute approximate surface area is 125 Å². The summed E-state index contributed by atoms with van der Waals surface area (Å²) >= 11 is 3.55. The quantitative estimate of drug-likeness (QED) is 0.832. The maximum Gasteiger partial charge on any atom is 0.0772 e. The van der Waals surface area contributed by atoms with Crippen LogP contribution in [0, 0.1) is 0 Å². The van der Waals surface area contributed by atoms with Gasteiger partial charge in [0, 0.05) is 29.8 Å². The van der Waals surface area contributed by atoms with Gasteiger partial charge in [-0.15, -0.1) is 0 Å². The maximum atomic E-state index is 9.66. The molecule has 0 amide bonds. The average Bonchev–Trinajstić information content (AvgIpc) is 2.33. The van der Waals surface area contributed by atoms with E-state index in [4.69, 9.17) is 0 Å². The van der Waals surface area contributed by atoms with E-state index in [9.17, 15) is 5.11 Å². The normalized spacial score (nSPS) is 12.8. The summed E-state index contributed by atoms with van der Waals surface area (Å²) in [5.74, 6) is 0. The van der Waals surface area contributed by atoms with E-state index in [-0.39, 0.29) is 0 Å². The molecule has 1 rings (SSSR count). The number of hydrogen-bond donors (Lipinski definition) is 1. The SMILES string of the molecule is CCCN(CCN(C)C)c1ccc([C@@H](C)O)c(Br)c1. The van der Waals surface area contributed by atoms with E-state index in [1.54, 1.807) is 6.92 Å². The number of halogens is 1. The molecule has 1 aromatic rings. The highest BCUT2D eigenvalue weighted by atomic mass is 79.9. The molecule has 0 aromatic heterocycles. The fourth-order valence-electron chi connectivity index (χ4n) is 2.01. The van der Waals surface area contributed by atoms with Crippen LogP contribution >= 0.6 is 15.9 Å². The third-order valence-corrected chi connectivity index (χ3v) is 3.80. The molecule has 1 N–H and O–H groups in total. The van der Waals surface area contributed by atoms with E-state index in [1.807, 2.05) is 6.07 Å². The summed E-state index contributed by atoms with van der Waals surface area (Å²) in [6.45, 7) is 7.09. The fraction of sp³-hybridized carbons (Fsp3) is 0.600. The number of benzene rings is 1. The van der Waals surface area contributed by atoms with Crippen molar-refractivity contribution in [3.8, 4) is 0 Å². The standard InChI is InChI=1S/C15H25BrN2O/c1-5-8-18(10-9-17(3)4)13-6-7-14(12(2)19)15(16)11-13/h6-7,11-12,19H,5,8-10H2,1-4H3/t12-/m1/s1. The van der Waals surface area contributed by atoms with Gasteiger partial charge in [0.25, 0.3) is 0 Å². The topological polar surface area (TPSA) is 26.7 Å². The van der Waals surface area contributed by atoms with Crippen molar-refractivity contribution in [3.05, 3.63) is 28.2 Å². The summed E-state index contributed by atoms with van der Waals surface area (Å²) in [7, 11) is 4.19. The molecule has 0 aliphatic rings. The number of hydrogen-bond acceptors (Lipinski definition) is 3. The zero-order valence-corrected chi connectivity index (χ0v) is 13.9. The second kappa shape index (κ2) is 7.88. The highest BCUT2D eigenvalue weighted by Crippen LogP contribution is 2.28. The molecule has 0 heterocycles. The Morgan fingerprint density at radius 3 is 2.37 bits per heavy atom. The minimum atomic E-state index is -0.440. The van der Waals surface area contributed by atoms with Crippen LogP contribution in [0.15, 0.2) is 22.7 Å². The van der Waals surface area contributed by atoms with Crippen molar-refractivity contribution in [2.75, 3.05) is 38.6 Å². The van der Waals surface area contributed by atoms with Crippen LogP contribution in [0.4, 0.5) is 5.69 Å². The Balaban J connectivity index is 2.87. The summed E-state index contributed by atoms with van der Waals surface area (Å²) in [6.07, 6.45) is 0.688. The van der Waals surface area contributed by atoms with Gasteiger partial charge < -0.3 is 14.9 Å². The third-order valence-electron chi connectivity index (χ3n) is 3.11. The first-order valence-corrected chi connectivity index (χ1v) is 7.62. The third kappa shape index (κ3) is 5.13. The van der Waals surface area contributed by atoms with Crippen LogP contribution in [-0.2, 0) is 0 Å². The first kappa shape index (κ1) is 16.5. The largest absolute Gasteiger partial charge is 0.389 e. The molecule has 108 valence electrons. The zero-order valence-electron chi connectivity index (χ0n) is 12.4. The smallest absolute Gasteiger partial charge is 0.0772 e. The van der Waals surface area contributed by atoms with Crippen LogP contribution in [-0.4, -0.2) is 43.7 Å². The molecule has 0 spiro atoms. The van der Waals surface area contributed by atoms with Crippen LogP contribution in [0.1, 0.15) is 31.9 Å². The predicted molar refractivity (Wildman–Crippen MR) is 85.8 cm³/mol. The Kier molecular flexibility index (Phi) is 6.83. The lowest BCUT2D eigenvalue weighted by atomic mass is 10.1. The molecule has 0 saturated carbocycles. The number of anilines is 1. The Morgan fingerprint density at radius 1 is 1.21 bits per heavy atom. The number of aliphatic hydroxyl groups is 1. The van der Waals surface area contributed by atoms with Crippen molar-refractivity contribution in [1.29, 1.82) is 0 Å². The summed E-state index contributed by atoms with van der Waals surface area (Å²) in [4.78, 5) is 4.58. The highest BCUT2D eigenvalue weighted by molar-refractivity contribution is 9.10. The molecule has 0 aliphatic heterocycles. The van der Waals surface area contributed by atoms with Gasteiger partial charge >= 0.3 is 0 Å². The number of nitrogens with zero attached hydrogens (tertiary/aromatic N) is 2. The summed E-state index contributed by atoms with van der Waals surface area (Å²) < 4.78 is 0.978. The van der Waals surface area contributed by atoms with Gasteiger partial charge in [-0.1, -0.05) is 28.9 Å². The predicted octanol–water partition coefficient (Wildman–Crippen LogP) is 3.28. The van der Waals surface area contributed by atoms with Crippen LogP contribution in [0.3, 0.4) is 0 Å². The van der Waals surface area contributed by atoms with Gasteiger partial charge in [0.15, 0.2) is 0 Å². The summed E-state index contributed by atoms with van der Waals surface area (Å²) in [5, 5.41) is 9.66. The molecule has 3 nitrogen and oxygen atoms in total. The van der Waals surface area contributed by atoms with E-state index in [0.29, 0.717) is 0 Å². The molecular weight excluding hydrogens is 304 g/mol. The molecule has 0 fully saturated rings. The molecule has 19 heavy (non-hydrogen) atoms. The van der Waals surface area contributed by atoms with E-state index in [1.165, 1.54) is 5.69 Å². The second-order valence-electron chi connectivity index (χ2n) is 5.17. The Morgan fingerprint density at radius 2 is 1.89 bits per heavy atom. The maximum absolute atomic E-state index is 9.66. The van der Waals surface area contributed by atoms with Crippen molar-refractivity contribution in [2.24, 2.45) is 0 Å². The van der Waals surface area contributed by atoms with Crippen LogP contribution < -0.4 is 4.90 Å². The molecule has 4 heteroatoms. The van der Waals surface area contributed by atoms with E-state index in [0.717, 1.165) is 36.1 Å². The monoisotopic (exact) mass is 328 g/mol. The van der Waals surface area contributed by atoms with Gasteiger partial charge in [-0.25, -0.2) is 0 Å². The van der Waals surface area contributed by atoms with Crippen molar-refractivity contribution in [2.45, 2.75) is 26.4 Å². The first-order valence-electron chi connectivity index (χ1n) is 6.83. The molecule has 0 saturated heterocycles. The average molecular weight is 329 g/mol. The highest BCUT2D eigenvalue weighted by Gasteiger charge is 2.11. The molecular formula is C15H25BrN2O. The van der Waals surface area contributed by atoms with Gasteiger partial charge in [-0.2, -0.15) is 0 Å². The van der Waals surface area contributed by atoms with Gasteiger partial charge in [0.2, 0.25) is 0 Å². The van der Waals surface area contributed by atoms with E-state index >= 15 is 0 Å². The summed E-state index contributed by atoms with van der Waals surface area (Å²) in [5.41, 5.74) is 2.15. The molecule has 0 radical (unpaired) electrons. The van der Waals surface area contributed by atoms with E-state index in [2.05, 4.69) is 58.9 Å². The fourth-order valence-corrected chi connectivity index (χ4v) is 2.71. The second-order valence-corrected chi connectivity index (χ2v) is 6.03. The number of aliphatic hydroxyl groups excluding tert-OH is 1. The van der Waals surface area contributed by atoms with Gasteiger partial charge in [-0.05, 0) is 45.1 Å². The van der Waals surface area contributed by atoms with E-state index < -0.39 is 6.10 Å². The minimum Gasteiger partial charge on any atom is -0.389 e. The lowest BCUT2D eigenvalue weighted by molar-refractivity contribution is 0.198. The van der Waals surface area contributed by atoms with Crippen molar-refractivity contribution < 1.29 is 5.11 Å². The lowest BCUT2D eigenvalue weighted by Crippen LogP contribution is -2.32.